The molecule has 1 atom stereocenters. The van der Waals surface area contributed by atoms with E-state index in [9.17, 15) is 9.59 Å². The fraction of sp³-hybridized carbons (Fsp3) is 0.310. The van der Waals surface area contributed by atoms with Crippen LogP contribution in [0.2, 0.25) is 0 Å². The minimum atomic E-state index is -0.428. The number of allylic oxidation sites excluding steroid dienone is 1. The van der Waals surface area contributed by atoms with Gasteiger partial charge in [-0.1, -0.05) is 5.57 Å². The number of carbonyl (C=O) groups is 2. The second kappa shape index (κ2) is 13.8. The number of rotatable bonds is 7. The number of hydrogen-bond acceptors (Lipinski definition) is 7. The van der Waals surface area contributed by atoms with Crippen LogP contribution in [0.3, 0.4) is 0 Å². The number of nitrogens with one attached hydrogen (secondary N) is 2. The largest absolute Gasteiger partial charge is 0.493 e. The lowest BCUT2D eigenvalue weighted by Crippen LogP contribution is -2.20. The van der Waals surface area contributed by atoms with Gasteiger partial charge in [0.05, 0.1) is 36.6 Å². The topological polar surface area (TPSA) is 122 Å². The fourth-order valence-corrected chi connectivity index (χ4v) is 3.81. The SMILES string of the molecule is C=NC=C(C)C.Cc1ccc(NC(=O)Nc2cncc(-c3ccc(OC[C@H]4CC(=O)N(C)C4)c(C)c3)n2)cn1.[HH].[HH]. The molecular formula is C29H39N7O3. The van der Waals surface area contributed by atoms with E-state index in [1.54, 1.807) is 29.6 Å². The minimum Gasteiger partial charge on any atom is -0.493 e. The van der Waals surface area contributed by atoms with Crippen molar-refractivity contribution in [1.29, 1.82) is 0 Å². The number of aliphatic imine (C=N–C) groups is 1. The predicted molar refractivity (Wildman–Crippen MR) is 158 cm³/mol. The number of anilines is 2. The molecule has 208 valence electrons. The maximum absolute atomic E-state index is 12.3. The van der Waals surface area contributed by atoms with E-state index in [2.05, 4.69) is 37.3 Å². The van der Waals surface area contributed by atoms with Gasteiger partial charge in [-0.15, -0.1) is 0 Å². The van der Waals surface area contributed by atoms with Crippen LogP contribution in [0.5, 0.6) is 5.75 Å². The van der Waals surface area contributed by atoms with Crippen LogP contribution in [0.25, 0.3) is 11.3 Å². The third kappa shape index (κ3) is 9.03. The second-order valence-corrected chi connectivity index (χ2v) is 9.58. The Labute approximate surface area is 232 Å². The monoisotopic (exact) mass is 533 g/mol. The Morgan fingerprint density at radius 3 is 2.59 bits per heavy atom. The van der Waals surface area contributed by atoms with Gasteiger partial charge in [0.15, 0.2) is 5.82 Å². The van der Waals surface area contributed by atoms with Crippen LogP contribution in [0.15, 0.2) is 65.7 Å². The van der Waals surface area contributed by atoms with Crippen molar-refractivity contribution in [2.45, 2.75) is 34.1 Å². The molecule has 3 aromatic rings. The van der Waals surface area contributed by atoms with Gasteiger partial charge < -0.3 is 15.0 Å². The first-order valence-corrected chi connectivity index (χ1v) is 12.5. The Morgan fingerprint density at radius 2 is 2.00 bits per heavy atom. The highest BCUT2D eigenvalue weighted by Gasteiger charge is 2.27. The summed E-state index contributed by atoms with van der Waals surface area (Å²) in [5.41, 5.74) is 5.08. The van der Waals surface area contributed by atoms with Crippen molar-refractivity contribution in [2.75, 3.05) is 30.8 Å². The van der Waals surface area contributed by atoms with E-state index in [0.29, 0.717) is 30.2 Å². The molecule has 0 unspecified atom stereocenters. The molecule has 0 spiro atoms. The Kier molecular flexibility index (Phi) is 10.3. The van der Waals surface area contributed by atoms with Crippen molar-refractivity contribution in [3.05, 3.63) is 72.0 Å². The van der Waals surface area contributed by atoms with Gasteiger partial charge in [-0.25, -0.2) is 9.78 Å². The fourth-order valence-electron chi connectivity index (χ4n) is 3.81. The smallest absolute Gasteiger partial charge is 0.324 e. The molecule has 0 radical (unpaired) electrons. The predicted octanol–water partition coefficient (Wildman–Crippen LogP) is 5.76. The molecule has 1 aromatic carbocycles. The third-order valence-electron chi connectivity index (χ3n) is 5.76. The Hall–Kier alpha value is -4.60. The van der Waals surface area contributed by atoms with Crippen molar-refractivity contribution >= 4 is 30.2 Å². The third-order valence-corrected chi connectivity index (χ3v) is 5.76. The highest BCUT2D eigenvalue weighted by Crippen LogP contribution is 2.27. The zero-order chi connectivity index (χ0) is 28.4. The summed E-state index contributed by atoms with van der Waals surface area (Å²) in [5.74, 6) is 1.47. The van der Waals surface area contributed by atoms with Crippen molar-refractivity contribution < 1.29 is 17.2 Å². The highest BCUT2D eigenvalue weighted by atomic mass is 16.5. The van der Waals surface area contributed by atoms with Gasteiger partial charge >= 0.3 is 6.03 Å². The number of nitrogens with zero attached hydrogens (tertiary/aromatic N) is 5. The number of aryl methyl sites for hydroxylation is 2. The van der Waals surface area contributed by atoms with Crippen LogP contribution in [0.4, 0.5) is 16.3 Å². The number of aromatic nitrogens is 3. The summed E-state index contributed by atoms with van der Waals surface area (Å²) in [5, 5.41) is 5.41. The molecule has 1 aliphatic rings. The normalized spacial score (nSPS) is 14.1. The molecule has 10 heteroatoms. The molecular weight excluding hydrogens is 494 g/mol. The summed E-state index contributed by atoms with van der Waals surface area (Å²) >= 11 is 0. The molecule has 3 amide bonds. The van der Waals surface area contributed by atoms with Crippen molar-refractivity contribution in [2.24, 2.45) is 10.9 Å². The average Bonchev–Trinajstić information content (AvgIpc) is 3.22. The number of hydrogen-bond donors (Lipinski definition) is 2. The van der Waals surface area contributed by atoms with Gasteiger partial charge in [0.2, 0.25) is 5.91 Å². The molecule has 1 saturated heterocycles. The molecule has 1 fully saturated rings. The van der Waals surface area contributed by atoms with Gasteiger partial charge in [-0.05, 0) is 70.3 Å². The summed E-state index contributed by atoms with van der Waals surface area (Å²) in [7, 11) is 1.82. The van der Waals surface area contributed by atoms with Crippen molar-refractivity contribution in [3.63, 3.8) is 0 Å². The summed E-state index contributed by atoms with van der Waals surface area (Å²) in [6.07, 6.45) is 6.96. The van der Waals surface area contributed by atoms with Gasteiger partial charge in [0, 0.05) is 46.2 Å². The van der Waals surface area contributed by atoms with Gasteiger partial charge in [0.1, 0.15) is 5.75 Å². The first-order chi connectivity index (χ1) is 18.6. The number of likely N-dealkylation sites (tertiary alicyclic amines) is 1. The molecule has 1 aliphatic heterocycles. The summed E-state index contributed by atoms with van der Waals surface area (Å²) in [4.78, 5) is 42.1. The maximum atomic E-state index is 12.3. The average molecular weight is 534 g/mol. The minimum absolute atomic E-state index is 0. The van der Waals surface area contributed by atoms with Gasteiger partial charge in [-0.2, -0.15) is 0 Å². The molecule has 2 aromatic heterocycles. The number of ether oxygens (including phenoxy) is 1. The van der Waals surface area contributed by atoms with E-state index in [4.69, 9.17) is 4.74 Å². The molecule has 4 rings (SSSR count). The summed E-state index contributed by atoms with van der Waals surface area (Å²) in [6, 6.07) is 8.93. The second-order valence-electron chi connectivity index (χ2n) is 9.58. The number of benzene rings is 1. The van der Waals surface area contributed by atoms with Crippen LogP contribution in [0, 0.1) is 19.8 Å². The maximum Gasteiger partial charge on any atom is 0.324 e. The molecule has 3 heterocycles. The lowest BCUT2D eigenvalue weighted by molar-refractivity contribution is -0.126. The zero-order valence-electron chi connectivity index (χ0n) is 23.1. The number of amides is 3. The molecule has 2 N–H and O–H groups in total. The number of urea groups is 1. The van der Waals surface area contributed by atoms with Gasteiger partial charge in [0.25, 0.3) is 0 Å². The molecule has 10 nitrogen and oxygen atoms in total. The van der Waals surface area contributed by atoms with E-state index >= 15 is 0 Å². The van der Waals surface area contributed by atoms with Gasteiger partial charge in [-0.3, -0.25) is 25.1 Å². The Balaban J connectivity index is 0.000000952. The standard InChI is InChI=1S/C24H26N6O3.C5H9N.2H2/c1-15-8-18(5-7-21(15)33-14-17-9-23(31)30(3)13-17)20-11-25-12-22(28-20)29-24(32)27-19-6-4-16(2)26-10-19;1-5(2)4-6-3;;/h4-8,10-12,17H,9,13-14H2,1-3H3,(H2,27,28,29,32);4H,3H2,1-2H3;2*1H/t17-;;;/m0.../s1. The first-order valence-electron chi connectivity index (χ1n) is 12.5. The van der Waals surface area contributed by atoms with E-state index in [1.807, 2.05) is 59.0 Å². The number of carbonyl (C=O) groups excluding carboxylic acids is 2. The Bertz CT molecular complexity index is 1350. The van der Waals surface area contributed by atoms with Crippen molar-refractivity contribution in [3.8, 4) is 17.0 Å². The molecule has 0 aliphatic carbocycles. The van der Waals surface area contributed by atoms with Crippen LogP contribution in [-0.2, 0) is 4.79 Å². The van der Waals surface area contributed by atoms with Crippen molar-refractivity contribution in [1.82, 2.24) is 19.9 Å². The first kappa shape index (κ1) is 29.0. The van der Waals surface area contributed by atoms with Crippen LogP contribution in [0.1, 0.15) is 34.4 Å². The molecule has 0 bridgehead atoms. The van der Waals surface area contributed by atoms with E-state index in [1.165, 1.54) is 11.8 Å². The summed E-state index contributed by atoms with van der Waals surface area (Å²) in [6.45, 7) is 12.3. The van der Waals surface area contributed by atoms with Crippen LogP contribution in [-0.4, -0.2) is 58.7 Å². The van der Waals surface area contributed by atoms with E-state index in [0.717, 1.165) is 29.1 Å². The van der Waals surface area contributed by atoms with E-state index < -0.39 is 6.03 Å². The van der Waals surface area contributed by atoms with E-state index in [-0.39, 0.29) is 14.7 Å². The quantitative estimate of drug-likeness (QED) is 0.373. The van der Waals surface area contributed by atoms with Crippen LogP contribution < -0.4 is 15.4 Å². The lowest BCUT2D eigenvalue weighted by Gasteiger charge is -2.14. The molecule has 39 heavy (non-hydrogen) atoms. The summed E-state index contributed by atoms with van der Waals surface area (Å²) < 4.78 is 5.96. The van der Waals surface area contributed by atoms with Crippen LogP contribution >= 0.6 is 0 Å². The highest BCUT2D eigenvalue weighted by molar-refractivity contribution is 5.99. The molecule has 0 saturated carbocycles. The lowest BCUT2D eigenvalue weighted by atomic mass is 10.1. The zero-order valence-corrected chi connectivity index (χ0v) is 23.1. The number of pyridine rings is 1. The Morgan fingerprint density at radius 1 is 1.21 bits per heavy atom.